The van der Waals surface area contributed by atoms with Gasteiger partial charge < -0.3 is 4.90 Å². The van der Waals surface area contributed by atoms with Gasteiger partial charge in [0, 0.05) is 0 Å². The fourth-order valence-corrected chi connectivity index (χ4v) is 6.60. The Morgan fingerprint density at radius 2 is 1.78 bits per heavy atom. The number of rotatable bonds is 5. The summed E-state index contributed by atoms with van der Waals surface area (Å²) in [6.07, 6.45) is -2.02. The second-order valence-corrected chi connectivity index (χ2v) is 11.8. The van der Waals surface area contributed by atoms with Crippen molar-refractivity contribution in [3.05, 3.63) is 77.1 Å². The molecule has 194 valence electrons. The minimum atomic E-state index is -4.45. The van der Waals surface area contributed by atoms with Crippen LogP contribution in [-0.4, -0.2) is 38.4 Å². The van der Waals surface area contributed by atoms with Crippen molar-refractivity contribution in [3.8, 4) is 11.1 Å². The van der Waals surface area contributed by atoms with E-state index in [0.29, 0.717) is 27.8 Å². The first-order valence-electron chi connectivity index (χ1n) is 11.6. The zero-order chi connectivity index (χ0) is 26.4. The normalized spacial score (nSPS) is 15.8. The maximum Gasteiger partial charge on any atom is 0.416 e. The van der Waals surface area contributed by atoms with E-state index in [9.17, 15) is 26.0 Å². The molecule has 1 aliphatic heterocycles. The average Bonchev–Trinajstić information content (AvgIpc) is 3.26. The Hall–Kier alpha value is -3.02. The van der Waals surface area contributed by atoms with E-state index in [-0.39, 0.29) is 15.9 Å². The van der Waals surface area contributed by atoms with Crippen LogP contribution in [0.5, 0.6) is 0 Å². The molecule has 0 spiro atoms. The van der Waals surface area contributed by atoms with Crippen LogP contribution in [0.1, 0.15) is 29.9 Å². The number of likely N-dealkylation sites (tertiary alicyclic amines) is 1. The van der Waals surface area contributed by atoms with E-state index < -0.39 is 26.9 Å². The molecule has 4 aromatic rings. The van der Waals surface area contributed by atoms with E-state index in [1.807, 2.05) is 13.1 Å². The van der Waals surface area contributed by atoms with Crippen molar-refractivity contribution in [2.24, 2.45) is 0 Å². The number of benzene rings is 3. The van der Waals surface area contributed by atoms with Crippen molar-refractivity contribution < 1.29 is 26.0 Å². The number of sulfonamides is 1. The molecule has 5 nitrogen and oxygen atoms in total. The SMILES string of the molecule is CN1CCC(c2cc(C(F)(F)F)ccc2-c2cccc3cc(S(=O)(=O)Nc4ncc(F)s4)ccc23)CC1. The summed E-state index contributed by atoms with van der Waals surface area (Å²) in [5, 5.41) is 0.632. The van der Waals surface area contributed by atoms with Crippen LogP contribution < -0.4 is 4.72 Å². The number of hydrogen-bond acceptors (Lipinski definition) is 5. The molecule has 11 heteroatoms. The Morgan fingerprint density at radius 1 is 1.03 bits per heavy atom. The monoisotopic (exact) mass is 549 g/mol. The Balaban J connectivity index is 1.58. The van der Waals surface area contributed by atoms with Crippen molar-refractivity contribution in [2.45, 2.75) is 29.8 Å². The van der Waals surface area contributed by atoms with Crippen LogP contribution in [0, 0.1) is 5.13 Å². The van der Waals surface area contributed by atoms with Crippen LogP contribution in [0.25, 0.3) is 21.9 Å². The van der Waals surface area contributed by atoms with Gasteiger partial charge in [-0.3, -0.25) is 4.72 Å². The highest BCUT2D eigenvalue weighted by molar-refractivity contribution is 7.93. The van der Waals surface area contributed by atoms with Crippen molar-refractivity contribution in [3.63, 3.8) is 0 Å². The van der Waals surface area contributed by atoms with Gasteiger partial charge in [-0.15, -0.1) is 0 Å². The van der Waals surface area contributed by atoms with Gasteiger partial charge >= 0.3 is 6.18 Å². The third kappa shape index (κ3) is 5.34. The molecule has 1 saturated heterocycles. The summed E-state index contributed by atoms with van der Waals surface area (Å²) in [6, 6.07) is 13.8. The Bertz CT molecular complexity index is 1560. The van der Waals surface area contributed by atoms with Gasteiger partial charge in [0.05, 0.1) is 16.7 Å². The van der Waals surface area contributed by atoms with Crippen molar-refractivity contribution >= 4 is 37.3 Å². The number of thiazole rings is 1. The summed E-state index contributed by atoms with van der Waals surface area (Å²) in [4.78, 5) is 5.83. The second kappa shape index (κ2) is 9.70. The number of alkyl halides is 3. The lowest BCUT2D eigenvalue weighted by Crippen LogP contribution is -2.29. The number of fused-ring (bicyclic) bond motifs is 1. The lowest BCUT2D eigenvalue weighted by Gasteiger charge is -2.31. The number of nitrogens with one attached hydrogen (secondary N) is 1. The van der Waals surface area contributed by atoms with Crippen molar-refractivity contribution in [1.29, 1.82) is 0 Å². The zero-order valence-electron chi connectivity index (χ0n) is 19.7. The fraction of sp³-hybridized carbons (Fsp3) is 0.269. The minimum Gasteiger partial charge on any atom is -0.306 e. The van der Waals surface area contributed by atoms with Gasteiger partial charge in [-0.2, -0.15) is 17.6 Å². The summed E-state index contributed by atoms with van der Waals surface area (Å²) in [7, 11) is -2.02. The number of nitrogens with zero attached hydrogens (tertiary/aromatic N) is 2. The molecular formula is C26H23F4N3O2S2. The van der Waals surface area contributed by atoms with Crippen molar-refractivity contribution in [2.75, 3.05) is 24.9 Å². The molecule has 0 unspecified atom stereocenters. The molecule has 1 aliphatic rings. The molecule has 5 rings (SSSR count). The van der Waals surface area contributed by atoms with Crippen LogP contribution in [0.4, 0.5) is 22.7 Å². The highest BCUT2D eigenvalue weighted by Crippen LogP contribution is 2.41. The molecule has 1 aromatic heterocycles. The molecule has 0 atom stereocenters. The Kier molecular flexibility index (Phi) is 6.71. The molecular weight excluding hydrogens is 526 g/mol. The highest BCUT2D eigenvalue weighted by Gasteiger charge is 2.32. The first kappa shape index (κ1) is 25.6. The summed E-state index contributed by atoms with van der Waals surface area (Å²) >= 11 is 0.579. The van der Waals surface area contributed by atoms with Crippen LogP contribution in [0.15, 0.2) is 65.7 Å². The fourth-order valence-electron chi connectivity index (χ4n) is 4.78. The summed E-state index contributed by atoms with van der Waals surface area (Å²) in [6.45, 7) is 1.60. The maximum atomic E-state index is 13.6. The van der Waals surface area contributed by atoms with E-state index in [1.165, 1.54) is 24.3 Å². The lowest BCUT2D eigenvalue weighted by molar-refractivity contribution is -0.137. The molecule has 2 heterocycles. The molecule has 1 fully saturated rings. The van der Waals surface area contributed by atoms with Gasteiger partial charge in [0.25, 0.3) is 10.0 Å². The van der Waals surface area contributed by atoms with Gasteiger partial charge in [0.15, 0.2) is 10.3 Å². The van der Waals surface area contributed by atoms with Crippen LogP contribution in [0.2, 0.25) is 0 Å². The predicted molar refractivity (Wildman–Crippen MR) is 137 cm³/mol. The molecule has 0 aliphatic carbocycles. The van der Waals surface area contributed by atoms with Gasteiger partial charge in [-0.25, -0.2) is 13.4 Å². The van der Waals surface area contributed by atoms with E-state index in [0.717, 1.165) is 49.1 Å². The summed E-state index contributed by atoms with van der Waals surface area (Å²) in [5.74, 6) is -0.0219. The number of hydrogen-bond donors (Lipinski definition) is 1. The lowest BCUT2D eigenvalue weighted by atomic mass is 9.82. The summed E-state index contributed by atoms with van der Waals surface area (Å²) < 4.78 is 82.0. The van der Waals surface area contributed by atoms with E-state index in [4.69, 9.17) is 0 Å². The molecule has 3 aromatic carbocycles. The van der Waals surface area contributed by atoms with E-state index in [2.05, 4.69) is 14.6 Å². The van der Waals surface area contributed by atoms with E-state index in [1.54, 1.807) is 18.2 Å². The van der Waals surface area contributed by atoms with Gasteiger partial charge in [-0.05, 0) is 90.6 Å². The molecule has 37 heavy (non-hydrogen) atoms. The molecule has 0 bridgehead atoms. The molecule has 0 amide bonds. The third-order valence-corrected chi connectivity index (χ3v) is 8.86. The quantitative estimate of drug-likeness (QED) is 0.281. The Labute approximate surface area is 215 Å². The number of piperidine rings is 1. The van der Waals surface area contributed by atoms with Crippen molar-refractivity contribution in [1.82, 2.24) is 9.88 Å². The first-order valence-corrected chi connectivity index (χ1v) is 13.9. The minimum absolute atomic E-state index is 0.0219. The van der Waals surface area contributed by atoms with Gasteiger partial charge in [0.2, 0.25) is 0 Å². The second-order valence-electron chi connectivity index (χ2n) is 9.14. The van der Waals surface area contributed by atoms with Gasteiger partial charge in [0.1, 0.15) is 0 Å². The third-order valence-electron chi connectivity index (χ3n) is 6.69. The first-order chi connectivity index (χ1) is 17.5. The summed E-state index contributed by atoms with van der Waals surface area (Å²) in [5.41, 5.74) is 1.42. The number of anilines is 1. The topological polar surface area (TPSA) is 62.3 Å². The maximum absolute atomic E-state index is 13.6. The highest BCUT2D eigenvalue weighted by atomic mass is 32.2. The average molecular weight is 550 g/mol. The van der Waals surface area contributed by atoms with Crippen LogP contribution in [0.3, 0.4) is 0 Å². The zero-order valence-corrected chi connectivity index (χ0v) is 21.4. The van der Waals surface area contributed by atoms with Crippen LogP contribution >= 0.6 is 11.3 Å². The molecule has 1 N–H and O–H groups in total. The Morgan fingerprint density at radius 3 is 2.46 bits per heavy atom. The smallest absolute Gasteiger partial charge is 0.306 e. The largest absolute Gasteiger partial charge is 0.416 e. The van der Waals surface area contributed by atoms with E-state index >= 15 is 0 Å². The van der Waals surface area contributed by atoms with Gasteiger partial charge in [-0.1, -0.05) is 41.7 Å². The number of aromatic nitrogens is 1. The van der Waals surface area contributed by atoms with Crippen LogP contribution in [-0.2, 0) is 16.2 Å². The standard InChI is InChI=1S/C26H23F4N3O2S2/c1-33-11-9-16(10-12-33)23-14-18(26(28,29)30)5-7-22(23)21-4-2-3-17-13-19(6-8-20(17)21)37(34,35)32-25-31-15-24(27)36-25/h2-8,13-16H,9-12H2,1H3,(H,31,32). The number of halogens is 4. The molecule has 0 radical (unpaired) electrons. The predicted octanol–water partition coefficient (Wildman–Crippen LogP) is 6.73. The molecule has 0 saturated carbocycles.